The topological polar surface area (TPSA) is 26.0 Å². The number of nitrogens with two attached hydrogens (primary N) is 1. The molecule has 1 aromatic carbocycles. The van der Waals surface area contributed by atoms with E-state index in [4.69, 9.17) is 5.73 Å². The van der Waals surface area contributed by atoms with Gasteiger partial charge in [0.25, 0.3) is 0 Å². The minimum atomic E-state index is 0.160. The molecule has 0 bridgehead atoms. The molecular weight excluding hydrogens is 158 g/mol. The number of allylic oxidation sites excluding steroid dienone is 2. The van der Waals surface area contributed by atoms with Crippen molar-refractivity contribution in [2.45, 2.75) is 12.5 Å². The van der Waals surface area contributed by atoms with E-state index in [-0.39, 0.29) is 6.04 Å². The summed E-state index contributed by atoms with van der Waals surface area (Å²) in [5.41, 5.74) is 8.47. The molecular formula is C12H13N. The highest BCUT2D eigenvalue weighted by atomic mass is 14.6. The van der Waals surface area contributed by atoms with E-state index >= 15 is 0 Å². The first kappa shape index (κ1) is 8.27. The third-order valence-electron chi connectivity index (χ3n) is 2.31. The number of benzene rings is 1. The van der Waals surface area contributed by atoms with Crippen LogP contribution in [-0.2, 0) is 0 Å². The largest absolute Gasteiger partial charge is 0.324 e. The van der Waals surface area contributed by atoms with Crippen LogP contribution in [0.5, 0.6) is 0 Å². The number of hydrogen-bond donors (Lipinski definition) is 1. The third-order valence-corrected chi connectivity index (χ3v) is 2.31. The molecule has 2 rings (SSSR count). The number of hydrogen-bond acceptors (Lipinski definition) is 1. The molecule has 1 aliphatic carbocycles. The van der Waals surface area contributed by atoms with Crippen LogP contribution in [0.3, 0.4) is 0 Å². The Morgan fingerprint density at radius 1 is 1.15 bits per heavy atom. The van der Waals surface area contributed by atoms with Gasteiger partial charge in [-0.3, -0.25) is 0 Å². The fourth-order valence-electron chi connectivity index (χ4n) is 1.59. The Labute approximate surface area is 78.6 Å². The molecule has 0 amide bonds. The van der Waals surface area contributed by atoms with Crippen LogP contribution in [0.2, 0.25) is 0 Å². The van der Waals surface area contributed by atoms with E-state index in [1.165, 1.54) is 11.1 Å². The molecule has 0 radical (unpaired) electrons. The van der Waals surface area contributed by atoms with E-state index in [0.29, 0.717) is 0 Å². The van der Waals surface area contributed by atoms with Crippen molar-refractivity contribution in [1.29, 1.82) is 0 Å². The van der Waals surface area contributed by atoms with Gasteiger partial charge < -0.3 is 5.73 Å². The summed E-state index contributed by atoms with van der Waals surface area (Å²) in [7, 11) is 0. The van der Waals surface area contributed by atoms with E-state index in [9.17, 15) is 0 Å². The van der Waals surface area contributed by atoms with Gasteiger partial charge in [0.15, 0.2) is 0 Å². The van der Waals surface area contributed by atoms with Gasteiger partial charge in [0, 0.05) is 6.04 Å². The Kier molecular flexibility index (Phi) is 2.28. The van der Waals surface area contributed by atoms with Crippen molar-refractivity contribution in [3.63, 3.8) is 0 Å². The average molecular weight is 171 g/mol. The molecule has 0 saturated carbocycles. The van der Waals surface area contributed by atoms with E-state index in [1.807, 2.05) is 18.2 Å². The van der Waals surface area contributed by atoms with E-state index in [0.717, 1.165) is 6.42 Å². The first-order valence-corrected chi connectivity index (χ1v) is 4.55. The summed E-state index contributed by atoms with van der Waals surface area (Å²) in [6, 6.07) is 10.5. The minimum Gasteiger partial charge on any atom is -0.324 e. The smallest absolute Gasteiger partial charge is 0.0335 e. The molecule has 13 heavy (non-hydrogen) atoms. The summed E-state index contributed by atoms with van der Waals surface area (Å²) in [5.74, 6) is 0. The third kappa shape index (κ3) is 1.70. The normalized spacial score (nSPS) is 21.3. The molecule has 66 valence electrons. The van der Waals surface area contributed by atoms with Crippen LogP contribution in [0.25, 0.3) is 5.57 Å². The molecule has 1 nitrogen and oxygen atoms in total. The van der Waals surface area contributed by atoms with E-state index < -0.39 is 0 Å². The van der Waals surface area contributed by atoms with Gasteiger partial charge in [0.05, 0.1) is 0 Å². The summed E-state index contributed by atoms with van der Waals surface area (Å²) in [5, 5.41) is 0. The van der Waals surface area contributed by atoms with Crippen molar-refractivity contribution < 1.29 is 0 Å². The van der Waals surface area contributed by atoms with Crippen molar-refractivity contribution in [1.82, 2.24) is 0 Å². The standard InChI is InChI=1S/C12H13N/c13-12-9-5-4-8-11(12)10-6-2-1-3-7-10/h1-8,12H,9,13H2. The summed E-state index contributed by atoms with van der Waals surface area (Å²) >= 11 is 0. The Morgan fingerprint density at radius 2 is 1.92 bits per heavy atom. The van der Waals surface area contributed by atoms with Gasteiger partial charge in [-0.05, 0) is 17.6 Å². The molecule has 0 aliphatic heterocycles. The van der Waals surface area contributed by atoms with Crippen LogP contribution < -0.4 is 5.73 Å². The zero-order valence-electron chi connectivity index (χ0n) is 7.48. The minimum absolute atomic E-state index is 0.160. The zero-order valence-corrected chi connectivity index (χ0v) is 7.48. The Hall–Kier alpha value is -1.34. The predicted molar refractivity (Wildman–Crippen MR) is 56.2 cm³/mol. The zero-order chi connectivity index (χ0) is 9.10. The van der Waals surface area contributed by atoms with Gasteiger partial charge in [-0.15, -0.1) is 0 Å². The Morgan fingerprint density at radius 3 is 2.62 bits per heavy atom. The molecule has 0 saturated heterocycles. The lowest BCUT2D eigenvalue weighted by atomic mass is 9.93. The molecule has 0 spiro atoms. The van der Waals surface area contributed by atoms with Gasteiger partial charge in [-0.1, -0.05) is 48.6 Å². The second-order valence-electron chi connectivity index (χ2n) is 3.26. The lowest BCUT2D eigenvalue weighted by molar-refractivity contribution is 0.845. The van der Waals surface area contributed by atoms with Crippen LogP contribution in [0, 0.1) is 0 Å². The maximum atomic E-state index is 5.99. The molecule has 1 heteroatoms. The predicted octanol–water partition coefficient (Wildman–Crippen LogP) is 2.36. The molecule has 0 aromatic heterocycles. The lowest BCUT2D eigenvalue weighted by Gasteiger charge is -2.17. The molecule has 1 atom stereocenters. The highest BCUT2D eigenvalue weighted by Crippen LogP contribution is 2.21. The average Bonchev–Trinajstić information content (AvgIpc) is 2.20. The quantitative estimate of drug-likeness (QED) is 0.689. The summed E-state index contributed by atoms with van der Waals surface area (Å²) in [6.07, 6.45) is 7.23. The van der Waals surface area contributed by atoms with Crippen LogP contribution in [-0.4, -0.2) is 6.04 Å². The van der Waals surface area contributed by atoms with Crippen molar-refractivity contribution in [2.75, 3.05) is 0 Å². The Balaban J connectivity index is 2.35. The highest BCUT2D eigenvalue weighted by Gasteiger charge is 2.11. The van der Waals surface area contributed by atoms with Crippen molar-refractivity contribution in [3.05, 3.63) is 54.1 Å². The van der Waals surface area contributed by atoms with Crippen molar-refractivity contribution in [2.24, 2.45) is 5.73 Å². The summed E-state index contributed by atoms with van der Waals surface area (Å²) < 4.78 is 0. The van der Waals surface area contributed by atoms with Gasteiger partial charge in [-0.25, -0.2) is 0 Å². The molecule has 2 N–H and O–H groups in total. The maximum absolute atomic E-state index is 5.99. The molecule has 1 unspecified atom stereocenters. The fourth-order valence-corrected chi connectivity index (χ4v) is 1.59. The first-order valence-electron chi connectivity index (χ1n) is 4.55. The van der Waals surface area contributed by atoms with Gasteiger partial charge in [-0.2, -0.15) is 0 Å². The fraction of sp³-hybridized carbons (Fsp3) is 0.167. The molecule has 1 aliphatic rings. The molecule has 0 heterocycles. The Bertz CT molecular complexity index is 335. The van der Waals surface area contributed by atoms with Crippen molar-refractivity contribution in [3.8, 4) is 0 Å². The lowest BCUT2D eigenvalue weighted by Crippen LogP contribution is -2.22. The number of rotatable bonds is 1. The van der Waals surface area contributed by atoms with Gasteiger partial charge in [0.2, 0.25) is 0 Å². The molecule has 0 fully saturated rings. The summed E-state index contributed by atoms with van der Waals surface area (Å²) in [6.45, 7) is 0. The van der Waals surface area contributed by atoms with E-state index in [2.05, 4.69) is 30.4 Å². The summed E-state index contributed by atoms with van der Waals surface area (Å²) in [4.78, 5) is 0. The van der Waals surface area contributed by atoms with E-state index in [1.54, 1.807) is 0 Å². The second kappa shape index (κ2) is 3.58. The van der Waals surface area contributed by atoms with Crippen LogP contribution in [0.15, 0.2) is 48.6 Å². The molecule has 1 aromatic rings. The SMILES string of the molecule is NC1CC=CC=C1c1ccccc1. The first-order chi connectivity index (χ1) is 6.38. The highest BCUT2D eigenvalue weighted by molar-refractivity contribution is 5.71. The van der Waals surface area contributed by atoms with Crippen molar-refractivity contribution >= 4 is 5.57 Å². The maximum Gasteiger partial charge on any atom is 0.0335 e. The van der Waals surface area contributed by atoms with Crippen LogP contribution in [0.4, 0.5) is 0 Å². The van der Waals surface area contributed by atoms with Crippen LogP contribution in [0.1, 0.15) is 12.0 Å². The second-order valence-corrected chi connectivity index (χ2v) is 3.26. The monoisotopic (exact) mass is 171 g/mol. The van der Waals surface area contributed by atoms with Crippen LogP contribution >= 0.6 is 0 Å². The van der Waals surface area contributed by atoms with Gasteiger partial charge in [0.1, 0.15) is 0 Å². The van der Waals surface area contributed by atoms with Gasteiger partial charge >= 0.3 is 0 Å².